The van der Waals surface area contributed by atoms with Crippen molar-refractivity contribution in [2.45, 2.75) is 12.3 Å². The van der Waals surface area contributed by atoms with Crippen LogP contribution in [0.4, 0.5) is 5.69 Å². The zero-order chi connectivity index (χ0) is 16.3. The summed E-state index contributed by atoms with van der Waals surface area (Å²) in [6, 6.07) is 10.6. The molecule has 2 rings (SSSR count). The zero-order valence-electron chi connectivity index (χ0n) is 11.2. The first-order chi connectivity index (χ1) is 10.4. The van der Waals surface area contributed by atoms with Crippen LogP contribution in [0.25, 0.3) is 0 Å². The largest absolute Gasteiger partial charge is 0.481 e. The highest BCUT2D eigenvalue weighted by molar-refractivity contribution is 6.33. The van der Waals surface area contributed by atoms with Crippen molar-refractivity contribution in [3.05, 3.63) is 73.8 Å². The van der Waals surface area contributed by atoms with Gasteiger partial charge in [-0.3, -0.25) is 14.9 Å². The van der Waals surface area contributed by atoms with Gasteiger partial charge in [0.05, 0.1) is 10.8 Å². The van der Waals surface area contributed by atoms with Crippen LogP contribution in [-0.2, 0) is 11.2 Å². The van der Waals surface area contributed by atoms with E-state index in [1.54, 1.807) is 12.1 Å². The second-order valence-electron chi connectivity index (χ2n) is 4.65. The van der Waals surface area contributed by atoms with Crippen molar-refractivity contribution in [1.82, 2.24) is 0 Å². The van der Waals surface area contributed by atoms with Gasteiger partial charge in [0.2, 0.25) is 0 Å². The molecule has 0 amide bonds. The highest BCUT2D eigenvalue weighted by atomic mass is 35.5. The number of carboxylic acid groups (broad SMARTS) is 1. The lowest BCUT2D eigenvalue weighted by Crippen LogP contribution is -2.15. The lowest BCUT2D eigenvalue weighted by Gasteiger charge is -2.15. The molecule has 0 aliphatic rings. The van der Waals surface area contributed by atoms with Gasteiger partial charge in [0.1, 0.15) is 0 Å². The van der Waals surface area contributed by atoms with Crippen molar-refractivity contribution >= 4 is 34.9 Å². The van der Waals surface area contributed by atoms with Gasteiger partial charge in [-0.1, -0.05) is 41.4 Å². The van der Waals surface area contributed by atoms with Gasteiger partial charge < -0.3 is 5.11 Å². The molecule has 1 unspecified atom stereocenters. The van der Waals surface area contributed by atoms with E-state index in [-0.39, 0.29) is 17.1 Å². The first-order valence-electron chi connectivity index (χ1n) is 6.30. The smallest absolute Gasteiger partial charge is 0.311 e. The van der Waals surface area contributed by atoms with Crippen LogP contribution in [0.5, 0.6) is 0 Å². The molecule has 2 aromatic rings. The fourth-order valence-corrected chi connectivity index (χ4v) is 2.62. The van der Waals surface area contributed by atoms with Crippen LogP contribution in [0.1, 0.15) is 17.0 Å². The van der Waals surface area contributed by atoms with Gasteiger partial charge in [0.15, 0.2) is 0 Å². The van der Waals surface area contributed by atoms with E-state index in [2.05, 4.69) is 0 Å². The number of benzene rings is 2. The third-order valence-corrected chi connectivity index (χ3v) is 3.82. The molecule has 1 N–H and O–H groups in total. The molecule has 0 fully saturated rings. The molecule has 0 aromatic heterocycles. The molecule has 5 nitrogen and oxygen atoms in total. The zero-order valence-corrected chi connectivity index (χ0v) is 12.7. The van der Waals surface area contributed by atoms with E-state index in [1.165, 1.54) is 30.3 Å². The lowest BCUT2D eigenvalue weighted by molar-refractivity contribution is -0.385. The molecule has 7 heteroatoms. The summed E-state index contributed by atoms with van der Waals surface area (Å²) in [5.74, 6) is -2.14. The topological polar surface area (TPSA) is 80.4 Å². The molecule has 114 valence electrons. The number of aliphatic carboxylic acids is 1. The highest BCUT2D eigenvalue weighted by Gasteiger charge is 2.26. The molecule has 1 atom stereocenters. The molecule has 2 aromatic carbocycles. The summed E-state index contributed by atoms with van der Waals surface area (Å²) in [4.78, 5) is 22.1. The normalized spacial score (nSPS) is 11.9. The minimum absolute atomic E-state index is 0.0491. The fourth-order valence-electron chi connectivity index (χ4n) is 2.19. The predicted molar refractivity (Wildman–Crippen MR) is 83.6 cm³/mol. The second-order valence-corrected chi connectivity index (χ2v) is 5.49. The average molecular weight is 340 g/mol. The number of rotatable bonds is 5. The number of para-hydroxylation sites is 1. The Balaban J connectivity index is 2.45. The maximum Gasteiger partial charge on any atom is 0.311 e. The maximum atomic E-state index is 11.6. The van der Waals surface area contributed by atoms with E-state index in [1.807, 2.05) is 0 Å². The quantitative estimate of drug-likeness (QED) is 0.649. The van der Waals surface area contributed by atoms with Crippen LogP contribution in [0.15, 0.2) is 42.5 Å². The van der Waals surface area contributed by atoms with E-state index in [9.17, 15) is 20.0 Å². The van der Waals surface area contributed by atoms with Crippen molar-refractivity contribution in [2.24, 2.45) is 0 Å². The summed E-state index contributed by atoms with van der Waals surface area (Å²) in [7, 11) is 0. The Morgan fingerprint density at radius 1 is 1.23 bits per heavy atom. The van der Waals surface area contributed by atoms with Crippen molar-refractivity contribution in [1.29, 1.82) is 0 Å². The van der Waals surface area contributed by atoms with Crippen LogP contribution >= 0.6 is 23.2 Å². The fraction of sp³-hybridized carbons (Fsp3) is 0.133. The summed E-state index contributed by atoms with van der Waals surface area (Å²) in [5, 5.41) is 21.1. The average Bonchev–Trinajstić information content (AvgIpc) is 2.47. The second kappa shape index (κ2) is 6.77. The molecule has 0 aliphatic heterocycles. The Labute approximate surface area is 136 Å². The summed E-state index contributed by atoms with van der Waals surface area (Å²) in [6.07, 6.45) is -0.0491. The Bertz CT molecular complexity index is 733. The van der Waals surface area contributed by atoms with Gasteiger partial charge in [-0.25, -0.2) is 0 Å². The van der Waals surface area contributed by atoms with Crippen molar-refractivity contribution < 1.29 is 14.8 Å². The number of nitro groups is 1. The van der Waals surface area contributed by atoms with Crippen molar-refractivity contribution in [3.8, 4) is 0 Å². The minimum atomic E-state index is -1.12. The lowest BCUT2D eigenvalue weighted by atomic mass is 9.91. The molecule has 0 radical (unpaired) electrons. The van der Waals surface area contributed by atoms with E-state index in [0.717, 1.165) is 0 Å². The number of nitro benzene ring substituents is 1. The van der Waals surface area contributed by atoms with Crippen LogP contribution in [0, 0.1) is 10.1 Å². The molecular weight excluding hydrogens is 329 g/mol. The number of halogens is 2. The van der Waals surface area contributed by atoms with Crippen LogP contribution < -0.4 is 0 Å². The Morgan fingerprint density at radius 3 is 2.55 bits per heavy atom. The molecule has 0 aliphatic carbocycles. The van der Waals surface area contributed by atoms with Crippen molar-refractivity contribution in [2.75, 3.05) is 0 Å². The molecule has 0 heterocycles. The first-order valence-corrected chi connectivity index (χ1v) is 7.05. The van der Waals surface area contributed by atoms with Crippen LogP contribution in [0.3, 0.4) is 0 Å². The van der Waals surface area contributed by atoms with Gasteiger partial charge in [0, 0.05) is 21.7 Å². The van der Waals surface area contributed by atoms with Gasteiger partial charge in [-0.05, 0) is 30.2 Å². The van der Waals surface area contributed by atoms with E-state index < -0.39 is 16.8 Å². The summed E-state index contributed by atoms with van der Waals surface area (Å²) in [6.45, 7) is 0. The highest BCUT2D eigenvalue weighted by Crippen LogP contribution is 2.32. The van der Waals surface area contributed by atoms with E-state index in [0.29, 0.717) is 16.1 Å². The minimum Gasteiger partial charge on any atom is -0.481 e. The van der Waals surface area contributed by atoms with Crippen LogP contribution in [0.2, 0.25) is 10.0 Å². The molecular formula is C15H11Cl2NO4. The maximum absolute atomic E-state index is 11.6. The number of carboxylic acids is 1. The first kappa shape index (κ1) is 16.3. The number of hydrogen-bond donors (Lipinski definition) is 1. The Hall–Kier alpha value is -2.11. The Morgan fingerprint density at radius 2 is 1.91 bits per heavy atom. The van der Waals surface area contributed by atoms with Gasteiger partial charge in [0.25, 0.3) is 5.69 Å². The SMILES string of the molecule is O=C(O)C(Cc1ccccc1[N+](=O)[O-])c1cc(Cl)ccc1Cl. The third kappa shape index (κ3) is 3.55. The van der Waals surface area contributed by atoms with E-state index in [4.69, 9.17) is 23.2 Å². The molecule has 0 saturated heterocycles. The molecule has 22 heavy (non-hydrogen) atoms. The van der Waals surface area contributed by atoms with Crippen molar-refractivity contribution in [3.63, 3.8) is 0 Å². The predicted octanol–water partition coefficient (Wildman–Crippen LogP) is 4.31. The van der Waals surface area contributed by atoms with Gasteiger partial charge in [-0.15, -0.1) is 0 Å². The van der Waals surface area contributed by atoms with Gasteiger partial charge >= 0.3 is 5.97 Å². The number of carbonyl (C=O) groups is 1. The summed E-state index contributed by atoms with van der Waals surface area (Å²) in [5.41, 5.74) is 0.544. The van der Waals surface area contributed by atoms with Crippen LogP contribution in [-0.4, -0.2) is 16.0 Å². The molecule has 0 bridgehead atoms. The third-order valence-electron chi connectivity index (χ3n) is 3.24. The molecule has 0 saturated carbocycles. The number of hydrogen-bond acceptors (Lipinski definition) is 3. The standard InChI is InChI=1S/C15H11Cl2NO4/c16-10-5-6-13(17)11(8-10)12(15(19)20)7-9-3-1-2-4-14(9)18(21)22/h1-6,8,12H,7H2,(H,19,20). The number of nitrogens with zero attached hydrogens (tertiary/aromatic N) is 1. The molecule has 0 spiro atoms. The van der Waals surface area contributed by atoms with E-state index >= 15 is 0 Å². The summed E-state index contributed by atoms with van der Waals surface area (Å²) < 4.78 is 0. The Kier molecular flexibility index (Phi) is 5.00. The van der Waals surface area contributed by atoms with Gasteiger partial charge in [-0.2, -0.15) is 0 Å². The summed E-state index contributed by atoms with van der Waals surface area (Å²) >= 11 is 11.9. The monoisotopic (exact) mass is 339 g/mol.